The van der Waals surface area contributed by atoms with Crippen LogP contribution >= 0.6 is 0 Å². The molecule has 1 heterocycles. The Bertz CT molecular complexity index is 2160. The van der Waals surface area contributed by atoms with Gasteiger partial charge in [-0.1, -0.05) is 85.8 Å². The average Bonchev–Trinajstić information content (AvgIpc) is 4.14. The maximum Gasteiger partial charge on any atom is 2.00 e. The first-order chi connectivity index (χ1) is 32.1. The van der Waals surface area contributed by atoms with Gasteiger partial charge in [0.15, 0.2) is 0 Å². The molecule has 0 unspecified atom stereocenters. The minimum Gasteiger partial charge on any atom is -0.488 e. The van der Waals surface area contributed by atoms with Gasteiger partial charge in [-0.15, -0.1) is 5.10 Å². The van der Waals surface area contributed by atoms with Crippen LogP contribution in [-0.4, -0.2) is 81.3 Å². The number of nitrogens with zero attached hydrogens (tertiary/aromatic N) is 3. The second kappa shape index (κ2) is 28.0. The van der Waals surface area contributed by atoms with Gasteiger partial charge < -0.3 is 37.1 Å². The summed E-state index contributed by atoms with van der Waals surface area (Å²) in [6.07, 6.45) is 20.7. The van der Waals surface area contributed by atoms with Crippen molar-refractivity contribution in [1.82, 2.24) is 41.6 Å². The zero-order valence-electron chi connectivity index (χ0n) is 39.3. The van der Waals surface area contributed by atoms with Crippen LogP contribution in [0.25, 0.3) is 11.3 Å². The predicted molar refractivity (Wildman–Crippen MR) is 257 cm³/mol. The fourth-order valence-electron chi connectivity index (χ4n) is 6.85. The maximum atomic E-state index is 13.8. The van der Waals surface area contributed by atoms with E-state index in [-0.39, 0.29) is 53.9 Å². The van der Waals surface area contributed by atoms with Crippen molar-refractivity contribution in [1.29, 1.82) is 0 Å². The van der Waals surface area contributed by atoms with Crippen molar-refractivity contribution < 1.29 is 45.8 Å². The molecule has 6 rings (SSSR count). The summed E-state index contributed by atoms with van der Waals surface area (Å²) >= 11 is 0. The van der Waals surface area contributed by atoms with Gasteiger partial charge in [-0.2, -0.15) is 0 Å². The molecule has 358 valence electrons. The number of carbonyl (C=O) groups excluding carboxylic acids is 5. The number of aromatic nitrogens is 3. The first-order valence-corrected chi connectivity index (χ1v) is 22.5. The number of amides is 5. The molecule has 3 aromatic carbocycles. The smallest absolute Gasteiger partial charge is 0.488 e. The van der Waals surface area contributed by atoms with Crippen molar-refractivity contribution in [3.05, 3.63) is 165 Å². The molecule has 4 aromatic rings. The fourth-order valence-corrected chi connectivity index (χ4v) is 6.85. The zero-order chi connectivity index (χ0) is 48.2. The molecular weight excluding hydrogens is 902 g/mol. The van der Waals surface area contributed by atoms with Crippen LogP contribution in [0.15, 0.2) is 85.1 Å². The van der Waals surface area contributed by atoms with Crippen LogP contribution in [0.4, 0.5) is 0 Å². The van der Waals surface area contributed by atoms with Crippen molar-refractivity contribution in [2.75, 3.05) is 13.1 Å². The van der Waals surface area contributed by atoms with Crippen LogP contribution in [-0.2, 0) is 67.0 Å². The van der Waals surface area contributed by atoms with Gasteiger partial charge in [0.1, 0.15) is 29.1 Å². The molecule has 16 heteroatoms. The third-order valence-electron chi connectivity index (χ3n) is 10.2. The maximum absolute atomic E-state index is 13.8. The van der Waals surface area contributed by atoms with Gasteiger partial charge in [0.2, 0.25) is 29.5 Å². The van der Waals surface area contributed by atoms with E-state index < -0.39 is 54.8 Å². The van der Waals surface area contributed by atoms with E-state index in [0.717, 1.165) is 33.9 Å². The molecule has 0 bridgehead atoms. The molecule has 15 nitrogen and oxygen atoms in total. The van der Waals surface area contributed by atoms with E-state index in [1.807, 2.05) is 177 Å². The van der Waals surface area contributed by atoms with Crippen LogP contribution in [0.2, 0.25) is 0 Å². The summed E-state index contributed by atoms with van der Waals surface area (Å²) in [6.45, 7) is 9.75. The molecular formula is C52H63FeN9O6+2. The quantitative estimate of drug-likeness (QED) is 0.0660. The number of benzene rings is 3. The van der Waals surface area contributed by atoms with Crippen LogP contribution in [0.3, 0.4) is 0 Å². The molecule has 68 heavy (non-hydrogen) atoms. The summed E-state index contributed by atoms with van der Waals surface area (Å²) in [5, 5.41) is 22.0. The number of nitrogens with two attached hydrogens (primary N) is 1. The average molecular weight is 966 g/mol. The number of nitrogens with one attached hydrogen (secondary N) is 5. The first-order valence-electron chi connectivity index (χ1n) is 22.5. The number of hydrogen-bond acceptors (Lipinski definition) is 9. The summed E-state index contributed by atoms with van der Waals surface area (Å²) < 4.78 is 7.61. The molecule has 2 saturated carbocycles. The number of rotatable bonds is 21. The second-order valence-electron chi connectivity index (χ2n) is 17.6. The summed E-state index contributed by atoms with van der Waals surface area (Å²) in [6, 6.07) is 21.2. The molecule has 1 aromatic heterocycles. The van der Waals surface area contributed by atoms with Gasteiger partial charge in [-0.25, -0.2) is 0 Å². The number of hydrogen-bond donors (Lipinski definition) is 6. The van der Waals surface area contributed by atoms with Crippen LogP contribution in [0.1, 0.15) is 57.7 Å². The van der Waals surface area contributed by atoms with Gasteiger partial charge in [-0.05, 0) is 126 Å². The number of carbonyl (C=O) groups is 5. The zero-order valence-corrected chi connectivity index (χ0v) is 40.4. The molecule has 0 spiro atoms. The molecule has 2 aliphatic carbocycles. The van der Waals surface area contributed by atoms with Crippen molar-refractivity contribution in [3.8, 4) is 17.0 Å². The van der Waals surface area contributed by atoms with E-state index in [0.29, 0.717) is 18.7 Å². The van der Waals surface area contributed by atoms with Gasteiger partial charge in [0.05, 0.1) is 25.3 Å². The molecule has 0 aliphatic heterocycles. The molecule has 5 amide bonds. The minimum absolute atomic E-state index is 0. The van der Waals surface area contributed by atoms with E-state index in [9.17, 15) is 24.0 Å². The Morgan fingerprint density at radius 2 is 1.26 bits per heavy atom. The monoisotopic (exact) mass is 965 g/mol. The molecule has 2 aliphatic rings. The topological polar surface area (TPSA) is 211 Å². The van der Waals surface area contributed by atoms with Crippen LogP contribution in [0.5, 0.6) is 5.75 Å². The van der Waals surface area contributed by atoms with Gasteiger partial charge in [-0.3, -0.25) is 28.7 Å². The van der Waals surface area contributed by atoms with Gasteiger partial charge >= 0.3 is 17.1 Å². The summed E-state index contributed by atoms with van der Waals surface area (Å²) in [5.41, 5.74) is 9.83. The Kier molecular flexibility index (Phi) is 22.7. The normalized spacial score (nSPS) is 14.9. The molecule has 3 atom stereocenters. The Hall–Kier alpha value is -5.57. The van der Waals surface area contributed by atoms with Gasteiger partial charge in [0, 0.05) is 31.0 Å². The Morgan fingerprint density at radius 3 is 1.88 bits per heavy atom. The molecule has 2 fully saturated rings. The third-order valence-corrected chi connectivity index (χ3v) is 10.2. The van der Waals surface area contributed by atoms with Crippen molar-refractivity contribution >= 4 is 29.5 Å². The Balaban J connectivity index is 0.00000157. The molecule has 7 N–H and O–H groups in total. The van der Waals surface area contributed by atoms with E-state index in [4.69, 9.17) is 10.5 Å². The number of ether oxygens (including phenoxy) is 1. The van der Waals surface area contributed by atoms with Crippen molar-refractivity contribution in [2.24, 2.45) is 11.7 Å². The largest absolute Gasteiger partial charge is 2.00 e. The van der Waals surface area contributed by atoms with E-state index in [1.54, 1.807) is 4.68 Å². The third kappa shape index (κ3) is 20.0. The Morgan fingerprint density at radius 1 is 0.662 bits per heavy atom. The fraction of sp³-hybridized carbons (Fsp3) is 0.327. The second-order valence-corrected chi connectivity index (χ2v) is 17.6. The summed E-state index contributed by atoms with van der Waals surface area (Å²) in [5.74, 6) is -0.797. The van der Waals surface area contributed by atoms with E-state index in [2.05, 4.69) is 36.9 Å². The molecule has 0 saturated heterocycles. The first kappa shape index (κ1) is 55.0. The Labute approximate surface area is 413 Å². The SMILES string of the molecule is CC(C)C[C@H](NC(=O)[C@H](Cc1ccccc1)NC(=O)CNC(=O)CNC(=O)[C@@H](N)Cc1ccc(OC(C)(C)C)cc1)C(=O)NCc1ccc(-c2cn(C[C]3[CH][CH][CH][CH]3)nn2)cc1.[CH]1[CH][CH][CH][CH]1.[Fe+2]. The van der Waals surface area contributed by atoms with Crippen molar-refractivity contribution in [2.45, 2.75) is 90.7 Å². The predicted octanol–water partition coefficient (Wildman–Crippen LogP) is 4.22. The van der Waals surface area contributed by atoms with E-state index in [1.165, 1.54) is 0 Å². The van der Waals surface area contributed by atoms with Gasteiger partial charge in [0.25, 0.3) is 0 Å². The summed E-state index contributed by atoms with van der Waals surface area (Å²) in [7, 11) is 0. The standard InChI is InChI=1S/C47H58N9O6.C5H5.Fe/c1-31(2)23-39(45(60)50-26-34-15-19-36(20-16-34)41-30-56(55-54-41)29-35-13-9-10-14-35)53-46(61)40(25-32-11-7-6-8-12-32)52-43(58)28-49-42(57)27-51-44(59)38(48)24-33-17-21-37(22-18-33)62-47(3,4)5;1-2-4-5-3-1;/h6-22,30-31,38-40H,23-29,48H2,1-5H3,(H,49,57)(H,50,60)(H,51,59)(H,52,58)(H,53,61);1-5H;/q;;+2/t38-,39-,40-;;/m0../s1. The summed E-state index contributed by atoms with van der Waals surface area (Å²) in [4.78, 5) is 65.8. The van der Waals surface area contributed by atoms with Crippen molar-refractivity contribution in [3.63, 3.8) is 0 Å². The van der Waals surface area contributed by atoms with Crippen LogP contribution in [0, 0.1) is 69.6 Å². The molecule has 10 radical (unpaired) electrons. The van der Waals surface area contributed by atoms with E-state index >= 15 is 0 Å². The minimum atomic E-state index is -1.06. The van der Waals surface area contributed by atoms with Crippen LogP contribution < -0.4 is 37.1 Å².